The van der Waals surface area contributed by atoms with Gasteiger partial charge in [-0.1, -0.05) is 42.5 Å². The Hall–Kier alpha value is -4.19. The summed E-state index contributed by atoms with van der Waals surface area (Å²) in [5, 5.41) is 9.15. The maximum Gasteiger partial charge on any atom is 0.335 e. The monoisotopic (exact) mass is 412 g/mol. The van der Waals surface area contributed by atoms with Crippen molar-refractivity contribution >= 4 is 23.8 Å². The topological polar surface area (TPSA) is 89.9 Å². The van der Waals surface area contributed by atoms with Crippen LogP contribution in [-0.2, 0) is 4.79 Å². The number of carboxylic acids is 1. The van der Waals surface area contributed by atoms with E-state index in [4.69, 9.17) is 14.6 Å². The van der Waals surface area contributed by atoms with E-state index < -0.39 is 17.9 Å². The molecular formula is C25H16O6. The number of ether oxygens (including phenoxy) is 2. The first-order valence-corrected chi connectivity index (χ1v) is 9.71. The first kappa shape index (κ1) is 18.8. The van der Waals surface area contributed by atoms with Crippen LogP contribution in [0.1, 0.15) is 49.7 Å². The normalized spacial score (nSPS) is 18.2. The number of esters is 1. The van der Waals surface area contributed by atoms with Crippen LogP contribution in [0.25, 0.3) is 6.08 Å². The van der Waals surface area contributed by atoms with Crippen LogP contribution in [0.2, 0.25) is 0 Å². The molecule has 6 heteroatoms. The molecule has 1 unspecified atom stereocenters. The van der Waals surface area contributed by atoms with Gasteiger partial charge in [0, 0.05) is 11.5 Å². The second-order valence-electron chi connectivity index (χ2n) is 7.36. The second-order valence-corrected chi connectivity index (χ2v) is 7.36. The van der Waals surface area contributed by atoms with Gasteiger partial charge in [0.05, 0.1) is 17.5 Å². The van der Waals surface area contributed by atoms with Gasteiger partial charge >= 0.3 is 11.9 Å². The summed E-state index contributed by atoms with van der Waals surface area (Å²) in [6, 6.07) is 18.9. The Morgan fingerprint density at radius 3 is 2.39 bits per heavy atom. The van der Waals surface area contributed by atoms with Crippen LogP contribution >= 0.6 is 0 Å². The molecule has 2 heterocycles. The predicted octanol–water partition coefficient (Wildman–Crippen LogP) is 4.44. The Morgan fingerprint density at radius 2 is 1.68 bits per heavy atom. The molecule has 6 nitrogen and oxygen atoms in total. The lowest BCUT2D eigenvalue weighted by molar-refractivity contribution is -0.135. The molecule has 3 aromatic carbocycles. The number of fused-ring (bicyclic) bond motifs is 3. The van der Waals surface area contributed by atoms with E-state index in [0.717, 1.165) is 11.1 Å². The molecule has 0 saturated carbocycles. The van der Waals surface area contributed by atoms with Crippen LogP contribution in [0.5, 0.6) is 11.5 Å². The number of carboxylic acid groups (broad SMARTS) is 1. The van der Waals surface area contributed by atoms with Crippen LogP contribution in [0.4, 0.5) is 0 Å². The zero-order valence-electron chi connectivity index (χ0n) is 16.2. The van der Waals surface area contributed by atoms with Crippen LogP contribution in [0.3, 0.4) is 0 Å². The number of Topliss-reactive ketones (excluding diaryl/α,β-unsaturated/α-hetero) is 1. The fourth-order valence-corrected chi connectivity index (χ4v) is 3.95. The van der Waals surface area contributed by atoms with E-state index in [2.05, 4.69) is 0 Å². The molecule has 3 aromatic rings. The molecular weight excluding hydrogens is 396 g/mol. The van der Waals surface area contributed by atoms with E-state index in [-0.39, 0.29) is 23.5 Å². The lowest BCUT2D eigenvalue weighted by Crippen LogP contribution is -2.21. The van der Waals surface area contributed by atoms with E-state index in [0.29, 0.717) is 22.6 Å². The molecule has 5 rings (SSSR count). The summed E-state index contributed by atoms with van der Waals surface area (Å²) in [7, 11) is 0. The SMILES string of the molecule is O=C1CC(c2ccc(C(=O)O)cc2)c2c(ccc3c2OC(=Cc2ccccc2)C3=O)O1. The van der Waals surface area contributed by atoms with E-state index in [1.165, 1.54) is 12.1 Å². The Morgan fingerprint density at radius 1 is 0.935 bits per heavy atom. The summed E-state index contributed by atoms with van der Waals surface area (Å²) in [5.41, 5.74) is 2.75. The number of hydrogen-bond acceptors (Lipinski definition) is 5. The molecule has 1 N–H and O–H groups in total. The Bertz CT molecular complexity index is 1260. The maximum atomic E-state index is 12.9. The van der Waals surface area contributed by atoms with Gasteiger partial charge in [-0.2, -0.15) is 0 Å². The van der Waals surface area contributed by atoms with Gasteiger partial charge in [-0.05, 0) is 41.5 Å². The first-order valence-electron chi connectivity index (χ1n) is 9.71. The molecule has 152 valence electrons. The number of rotatable bonds is 3. The number of hydrogen-bond donors (Lipinski definition) is 1. The van der Waals surface area contributed by atoms with Crippen molar-refractivity contribution in [3.05, 3.63) is 100 Å². The molecule has 0 aliphatic carbocycles. The Kier molecular flexibility index (Phi) is 4.40. The van der Waals surface area contributed by atoms with Crippen LogP contribution in [0.15, 0.2) is 72.5 Å². The molecule has 0 radical (unpaired) electrons. The smallest absolute Gasteiger partial charge is 0.335 e. The molecule has 0 bridgehead atoms. The van der Waals surface area contributed by atoms with E-state index >= 15 is 0 Å². The average Bonchev–Trinajstić information content (AvgIpc) is 3.09. The van der Waals surface area contributed by atoms with E-state index in [1.807, 2.05) is 30.3 Å². The van der Waals surface area contributed by atoms with Gasteiger partial charge in [-0.15, -0.1) is 0 Å². The zero-order chi connectivity index (χ0) is 21.5. The average molecular weight is 412 g/mol. The van der Waals surface area contributed by atoms with Crippen molar-refractivity contribution in [2.45, 2.75) is 12.3 Å². The van der Waals surface area contributed by atoms with Gasteiger partial charge in [0.15, 0.2) is 5.76 Å². The highest BCUT2D eigenvalue weighted by molar-refractivity contribution is 6.15. The molecule has 0 saturated heterocycles. The van der Waals surface area contributed by atoms with Gasteiger partial charge in [0.25, 0.3) is 0 Å². The van der Waals surface area contributed by atoms with Gasteiger partial charge in [0.1, 0.15) is 11.5 Å². The van der Waals surface area contributed by atoms with Gasteiger partial charge in [-0.25, -0.2) is 4.79 Å². The highest BCUT2D eigenvalue weighted by atomic mass is 16.5. The van der Waals surface area contributed by atoms with Gasteiger partial charge < -0.3 is 14.6 Å². The number of aromatic carboxylic acids is 1. The minimum Gasteiger partial charge on any atom is -0.478 e. The summed E-state index contributed by atoms with van der Waals surface area (Å²) >= 11 is 0. The standard InChI is InChI=1S/C25H16O6/c26-21-13-18(15-6-8-16(9-7-15)25(28)29)22-19(30-21)11-10-17-23(27)20(31-24(17)22)12-14-4-2-1-3-5-14/h1-12,18H,13H2,(H,28,29). The maximum absolute atomic E-state index is 12.9. The van der Waals surface area contributed by atoms with Crippen molar-refractivity contribution < 1.29 is 29.0 Å². The molecule has 0 fully saturated rings. The third-order valence-corrected chi connectivity index (χ3v) is 5.44. The fraction of sp³-hybridized carbons (Fsp3) is 0.0800. The first-order chi connectivity index (χ1) is 15.0. The largest absolute Gasteiger partial charge is 0.478 e. The molecule has 31 heavy (non-hydrogen) atoms. The van der Waals surface area contributed by atoms with Crippen molar-refractivity contribution in [3.8, 4) is 11.5 Å². The Balaban J connectivity index is 1.60. The summed E-state index contributed by atoms with van der Waals surface area (Å²) in [5.74, 6) is -1.16. The molecule has 2 aliphatic rings. The molecule has 1 atom stereocenters. The summed E-state index contributed by atoms with van der Waals surface area (Å²) in [6.07, 6.45) is 1.74. The summed E-state index contributed by atoms with van der Waals surface area (Å²) in [4.78, 5) is 36.3. The van der Waals surface area contributed by atoms with Crippen molar-refractivity contribution in [2.75, 3.05) is 0 Å². The lowest BCUT2D eigenvalue weighted by atomic mass is 9.84. The van der Waals surface area contributed by atoms with E-state index in [1.54, 1.807) is 30.3 Å². The number of ketones is 1. The third-order valence-electron chi connectivity index (χ3n) is 5.44. The van der Waals surface area contributed by atoms with Gasteiger partial charge in [-0.3, -0.25) is 9.59 Å². The predicted molar refractivity (Wildman–Crippen MR) is 111 cm³/mol. The molecule has 0 aromatic heterocycles. The summed E-state index contributed by atoms with van der Waals surface area (Å²) < 4.78 is 11.4. The second kappa shape index (κ2) is 7.25. The number of allylic oxidation sites excluding steroid dienone is 1. The van der Waals surface area contributed by atoms with Crippen LogP contribution < -0.4 is 9.47 Å². The fourth-order valence-electron chi connectivity index (χ4n) is 3.95. The van der Waals surface area contributed by atoms with Gasteiger partial charge in [0.2, 0.25) is 5.78 Å². The van der Waals surface area contributed by atoms with Crippen molar-refractivity contribution in [2.24, 2.45) is 0 Å². The summed E-state index contributed by atoms with van der Waals surface area (Å²) in [6.45, 7) is 0. The number of carbonyl (C=O) groups is 3. The van der Waals surface area contributed by atoms with Crippen molar-refractivity contribution in [1.29, 1.82) is 0 Å². The third kappa shape index (κ3) is 3.28. The Labute approximate surface area is 177 Å². The van der Waals surface area contributed by atoms with Crippen LogP contribution in [0, 0.1) is 0 Å². The minimum absolute atomic E-state index is 0.0607. The molecule has 0 spiro atoms. The van der Waals surface area contributed by atoms with Crippen molar-refractivity contribution in [1.82, 2.24) is 0 Å². The zero-order valence-corrected chi connectivity index (χ0v) is 16.2. The lowest BCUT2D eigenvalue weighted by Gasteiger charge is -2.26. The highest BCUT2D eigenvalue weighted by Gasteiger charge is 2.38. The number of carbonyl (C=O) groups excluding carboxylic acids is 2. The molecule has 2 aliphatic heterocycles. The van der Waals surface area contributed by atoms with Crippen LogP contribution in [-0.4, -0.2) is 22.8 Å². The number of benzene rings is 3. The molecule has 0 amide bonds. The van der Waals surface area contributed by atoms with Crippen molar-refractivity contribution in [3.63, 3.8) is 0 Å². The van der Waals surface area contributed by atoms with E-state index in [9.17, 15) is 14.4 Å². The quantitative estimate of drug-likeness (QED) is 0.389. The highest BCUT2D eigenvalue weighted by Crippen LogP contribution is 2.48. The minimum atomic E-state index is -1.03.